The zero-order valence-electron chi connectivity index (χ0n) is 8.90. The first-order valence-electron chi connectivity index (χ1n) is 5.29. The van der Waals surface area contributed by atoms with Gasteiger partial charge in [0.25, 0.3) is 0 Å². The summed E-state index contributed by atoms with van der Waals surface area (Å²) in [5.41, 5.74) is 0.0169. The van der Waals surface area contributed by atoms with Gasteiger partial charge in [-0.15, -0.1) is 0 Å². The number of β-amino-alcohol motifs (C(OH)–C–C–N with tert-alkyl or cyclic N) is 1. The summed E-state index contributed by atoms with van der Waals surface area (Å²) in [6, 6.07) is 0. The van der Waals surface area contributed by atoms with E-state index in [1.807, 2.05) is 5.06 Å². The van der Waals surface area contributed by atoms with Crippen molar-refractivity contribution < 1.29 is 14.7 Å². The molecule has 0 aromatic carbocycles. The van der Waals surface area contributed by atoms with Crippen LogP contribution < -0.4 is 0 Å². The molecule has 2 rings (SSSR count). The zero-order chi connectivity index (χ0) is 10.2. The fraction of sp³-hybridized carbons (Fsp3) is 1.00. The van der Waals surface area contributed by atoms with E-state index in [9.17, 15) is 5.11 Å². The minimum absolute atomic E-state index is 0.0169. The van der Waals surface area contributed by atoms with Crippen LogP contribution in [0, 0.1) is 0 Å². The van der Waals surface area contributed by atoms with E-state index in [0.717, 1.165) is 19.4 Å². The van der Waals surface area contributed by atoms with Crippen LogP contribution in [0.1, 0.15) is 26.7 Å². The first-order valence-corrected chi connectivity index (χ1v) is 5.29. The first-order chi connectivity index (χ1) is 6.55. The molecule has 1 N–H and O–H groups in total. The van der Waals surface area contributed by atoms with Crippen molar-refractivity contribution in [2.75, 3.05) is 19.7 Å². The molecule has 0 radical (unpaired) electrons. The molecule has 2 aliphatic rings. The predicted molar refractivity (Wildman–Crippen MR) is 51.7 cm³/mol. The van der Waals surface area contributed by atoms with Gasteiger partial charge in [-0.3, -0.25) is 4.84 Å². The molecular weight excluding hydrogens is 182 g/mol. The molecule has 0 spiro atoms. The number of aliphatic hydroxyl groups excluding tert-OH is 1. The largest absolute Gasteiger partial charge is 0.389 e. The van der Waals surface area contributed by atoms with Crippen molar-refractivity contribution >= 4 is 0 Å². The number of nitrogens with zero attached hydrogens (tertiary/aromatic N) is 1. The quantitative estimate of drug-likeness (QED) is 0.708. The normalized spacial score (nSPS) is 37.9. The lowest BCUT2D eigenvalue weighted by Gasteiger charge is -2.22. The molecule has 2 atom stereocenters. The predicted octanol–water partition coefficient (Wildman–Crippen LogP) is 0.552. The van der Waals surface area contributed by atoms with Crippen LogP contribution in [0.15, 0.2) is 0 Å². The molecule has 0 aliphatic carbocycles. The lowest BCUT2D eigenvalue weighted by molar-refractivity contribution is -0.141. The van der Waals surface area contributed by atoms with Gasteiger partial charge in [0.05, 0.1) is 37.5 Å². The molecule has 0 bridgehead atoms. The Morgan fingerprint density at radius 2 is 2.29 bits per heavy atom. The van der Waals surface area contributed by atoms with Crippen LogP contribution in [0.4, 0.5) is 0 Å². The monoisotopic (exact) mass is 201 g/mol. The standard InChI is InChI=1S/C10H19NO3/c1-10(2)4-3-9(14-10)6-11-5-8(12)7-13-11/h8-9,12H,3-7H2,1-2H3/t8-,9?/m1/s1. The van der Waals surface area contributed by atoms with Crippen molar-refractivity contribution in [2.24, 2.45) is 0 Å². The van der Waals surface area contributed by atoms with E-state index < -0.39 is 0 Å². The van der Waals surface area contributed by atoms with Gasteiger partial charge in [-0.1, -0.05) is 0 Å². The van der Waals surface area contributed by atoms with E-state index in [0.29, 0.717) is 13.2 Å². The third kappa shape index (κ3) is 2.45. The van der Waals surface area contributed by atoms with Crippen molar-refractivity contribution in [3.63, 3.8) is 0 Å². The average molecular weight is 201 g/mol. The van der Waals surface area contributed by atoms with Gasteiger partial charge in [-0.05, 0) is 26.7 Å². The Morgan fingerprint density at radius 1 is 1.50 bits per heavy atom. The molecule has 0 amide bonds. The maximum absolute atomic E-state index is 9.27. The summed E-state index contributed by atoms with van der Waals surface area (Å²) in [5, 5.41) is 11.1. The van der Waals surface area contributed by atoms with Crippen molar-refractivity contribution in [1.29, 1.82) is 0 Å². The first kappa shape index (κ1) is 10.4. The minimum Gasteiger partial charge on any atom is -0.389 e. The smallest absolute Gasteiger partial charge is 0.0958 e. The maximum atomic E-state index is 9.27. The average Bonchev–Trinajstić information content (AvgIpc) is 2.59. The Bertz CT molecular complexity index is 208. The molecule has 2 aliphatic heterocycles. The fourth-order valence-electron chi connectivity index (χ4n) is 2.09. The van der Waals surface area contributed by atoms with Gasteiger partial charge in [-0.25, -0.2) is 0 Å². The summed E-state index contributed by atoms with van der Waals surface area (Å²) in [5.74, 6) is 0. The summed E-state index contributed by atoms with van der Waals surface area (Å²) < 4.78 is 5.84. The van der Waals surface area contributed by atoms with E-state index in [4.69, 9.17) is 9.57 Å². The molecule has 2 saturated heterocycles. The van der Waals surface area contributed by atoms with Gasteiger partial charge < -0.3 is 9.84 Å². The summed E-state index contributed by atoms with van der Waals surface area (Å²) in [4.78, 5) is 5.30. The lowest BCUT2D eigenvalue weighted by Crippen LogP contribution is -2.32. The summed E-state index contributed by atoms with van der Waals surface area (Å²) in [6.45, 7) is 6.05. The molecule has 14 heavy (non-hydrogen) atoms. The van der Waals surface area contributed by atoms with Crippen LogP contribution >= 0.6 is 0 Å². The van der Waals surface area contributed by atoms with E-state index in [1.54, 1.807) is 0 Å². The fourth-order valence-corrected chi connectivity index (χ4v) is 2.09. The van der Waals surface area contributed by atoms with Gasteiger partial charge in [-0.2, -0.15) is 5.06 Å². The molecule has 0 aromatic heterocycles. The Kier molecular flexibility index (Phi) is 2.79. The highest BCUT2D eigenvalue weighted by Gasteiger charge is 2.34. The number of aliphatic hydroxyl groups is 1. The van der Waals surface area contributed by atoms with Crippen molar-refractivity contribution in [2.45, 2.75) is 44.5 Å². The van der Waals surface area contributed by atoms with Gasteiger partial charge in [0.15, 0.2) is 0 Å². The van der Waals surface area contributed by atoms with E-state index in [1.165, 1.54) is 0 Å². The van der Waals surface area contributed by atoms with E-state index in [-0.39, 0.29) is 17.8 Å². The van der Waals surface area contributed by atoms with Crippen LogP contribution in [0.25, 0.3) is 0 Å². The highest BCUT2D eigenvalue weighted by Crippen LogP contribution is 2.30. The van der Waals surface area contributed by atoms with Crippen LogP contribution in [-0.4, -0.2) is 47.7 Å². The molecule has 0 saturated carbocycles. The number of hydrogen-bond acceptors (Lipinski definition) is 4. The molecule has 0 aromatic rings. The van der Waals surface area contributed by atoms with E-state index in [2.05, 4.69) is 13.8 Å². The van der Waals surface area contributed by atoms with Crippen LogP contribution in [0.2, 0.25) is 0 Å². The Morgan fingerprint density at radius 3 is 2.79 bits per heavy atom. The molecule has 4 nitrogen and oxygen atoms in total. The molecular formula is C10H19NO3. The molecule has 82 valence electrons. The second-order valence-corrected chi connectivity index (χ2v) is 4.83. The van der Waals surface area contributed by atoms with Crippen LogP contribution in [-0.2, 0) is 9.57 Å². The summed E-state index contributed by atoms with van der Waals surface area (Å²) >= 11 is 0. The molecule has 1 unspecified atom stereocenters. The van der Waals surface area contributed by atoms with E-state index >= 15 is 0 Å². The number of hydroxylamine groups is 2. The molecule has 2 heterocycles. The number of hydrogen-bond donors (Lipinski definition) is 1. The zero-order valence-corrected chi connectivity index (χ0v) is 8.90. The Labute approximate surface area is 84.7 Å². The number of ether oxygens (including phenoxy) is 1. The minimum atomic E-state index is -0.329. The van der Waals surface area contributed by atoms with Gasteiger partial charge in [0.1, 0.15) is 0 Å². The second kappa shape index (κ2) is 3.77. The maximum Gasteiger partial charge on any atom is 0.0958 e. The van der Waals surface area contributed by atoms with Crippen LogP contribution in [0.3, 0.4) is 0 Å². The summed E-state index contributed by atoms with van der Waals surface area (Å²) in [7, 11) is 0. The van der Waals surface area contributed by atoms with Crippen molar-refractivity contribution in [3.8, 4) is 0 Å². The van der Waals surface area contributed by atoms with Crippen LogP contribution in [0.5, 0.6) is 0 Å². The third-order valence-electron chi connectivity index (χ3n) is 2.83. The SMILES string of the molecule is CC1(C)CCC(CN2C[C@@H](O)CO2)O1. The molecule has 2 fully saturated rings. The Balaban J connectivity index is 1.76. The van der Waals surface area contributed by atoms with Gasteiger partial charge in [0, 0.05) is 0 Å². The van der Waals surface area contributed by atoms with Crippen molar-refractivity contribution in [3.05, 3.63) is 0 Å². The second-order valence-electron chi connectivity index (χ2n) is 4.83. The lowest BCUT2D eigenvalue weighted by atomic mass is 10.1. The van der Waals surface area contributed by atoms with Crippen molar-refractivity contribution in [1.82, 2.24) is 5.06 Å². The summed E-state index contributed by atoms with van der Waals surface area (Å²) in [6.07, 6.45) is 2.12. The number of rotatable bonds is 2. The third-order valence-corrected chi connectivity index (χ3v) is 2.83. The highest BCUT2D eigenvalue weighted by atomic mass is 16.7. The van der Waals surface area contributed by atoms with Gasteiger partial charge in [0.2, 0.25) is 0 Å². The molecule has 4 heteroatoms. The van der Waals surface area contributed by atoms with Gasteiger partial charge >= 0.3 is 0 Å². The Hall–Kier alpha value is -0.160. The topological polar surface area (TPSA) is 41.9 Å². The highest BCUT2D eigenvalue weighted by molar-refractivity contribution is 4.82.